The van der Waals surface area contributed by atoms with E-state index in [1.165, 1.54) is 5.57 Å². The molecule has 0 aromatic heterocycles. The molecule has 0 amide bonds. The monoisotopic (exact) mass is 674 g/mol. The van der Waals surface area contributed by atoms with Gasteiger partial charge in [-0.15, -0.1) is 6.58 Å². The zero-order valence-corrected chi connectivity index (χ0v) is 34.0. The molecule has 1 aromatic rings. The third-order valence-corrected chi connectivity index (χ3v) is 15.9. The highest BCUT2D eigenvalue weighted by atomic mass is 28.4. The molecule has 0 bridgehead atoms. The molecule has 0 N–H and O–H groups in total. The zero-order chi connectivity index (χ0) is 34.5. The van der Waals surface area contributed by atoms with Gasteiger partial charge in [-0.2, -0.15) is 0 Å². The van der Waals surface area contributed by atoms with Crippen LogP contribution in [0.3, 0.4) is 0 Å². The first-order valence-electron chi connectivity index (χ1n) is 16.6. The van der Waals surface area contributed by atoms with Crippen molar-refractivity contribution in [1.82, 2.24) is 0 Å². The van der Waals surface area contributed by atoms with Gasteiger partial charge in [-0.1, -0.05) is 114 Å². The second kappa shape index (κ2) is 18.2. The summed E-state index contributed by atoms with van der Waals surface area (Å²) in [6, 6.07) is 11.1. The van der Waals surface area contributed by atoms with Crippen LogP contribution in [0.1, 0.15) is 53.0 Å². The van der Waals surface area contributed by atoms with Crippen molar-refractivity contribution < 1.29 is 23.4 Å². The van der Waals surface area contributed by atoms with Crippen LogP contribution in [-0.2, 0) is 30.0 Å². The van der Waals surface area contributed by atoms with Crippen molar-refractivity contribution in [2.24, 2.45) is 5.41 Å². The van der Waals surface area contributed by atoms with E-state index in [9.17, 15) is 4.79 Å². The van der Waals surface area contributed by atoms with Gasteiger partial charge < -0.3 is 18.6 Å². The summed E-state index contributed by atoms with van der Waals surface area (Å²) in [6.07, 6.45) is 6.46. The molecule has 1 aromatic carbocycles. The minimum Gasteiger partial charge on any atom is -0.411 e. The summed E-state index contributed by atoms with van der Waals surface area (Å²) in [4.78, 5) is 13.5. The number of ketones is 1. The molecule has 0 radical (unpaired) electrons. The summed E-state index contributed by atoms with van der Waals surface area (Å²) in [5, 5.41) is 0.0872. The molecule has 0 saturated carbocycles. The molecule has 0 aliphatic rings. The predicted molar refractivity (Wildman–Crippen MR) is 201 cm³/mol. The Balaban J connectivity index is 3.04. The molecule has 0 unspecified atom stereocenters. The van der Waals surface area contributed by atoms with Gasteiger partial charge >= 0.3 is 0 Å². The number of rotatable bonds is 21. The number of benzene rings is 1. The van der Waals surface area contributed by atoms with Crippen LogP contribution in [0.5, 0.6) is 0 Å². The molecule has 0 spiro atoms. The lowest BCUT2D eigenvalue weighted by atomic mass is 9.81. The minimum absolute atomic E-state index is 0.0284. The fourth-order valence-electron chi connectivity index (χ4n) is 4.51. The Kier molecular flexibility index (Phi) is 16.9. The van der Waals surface area contributed by atoms with E-state index in [0.717, 1.165) is 24.6 Å². The SMILES string of the molecule is C=C[C@H](OCc1ccccc1)C(C)(C)C(=O)/C=C/C/C(=C\[Si](C)(C)C)C[C@H](COCOCC[Si](C)(C)C)O[Si](C)(C)C(C)(C)C. The molecule has 8 heteroatoms. The average Bonchev–Trinajstić information content (AvgIpc) is 2.88. The molecule has 2 atom stereocenters. The summed E-state index contributed by atoms with van der Waals surface area (Å²) >= 11 is 0. The summed E-state index contributed by atoms with van der Waals surface area (Å²) in [7, 11) is -4.74. The Bertz CT molecular complexity index is 1090. The Labute approximate surface area is 280 Å². The quantitative estimate of drug-likeness (QED) is 0.0427. The van der Waals surface area contributed by atoms with E-state index in [4.69, 9.17) is 18.6 Å². The van der Waals surface area contributed by atoms with Crippen molar-refractivity contribution in [3.05, 3.63) is 72.0 Å². The van der Waals surface area contributed by atoms with E-state index >= 15 is 0 Å². The summed E-state index contributed by atoms with van der Waals surface area (Å²) in [6.45, 7) is 35.3. The minimum atomic E-state index is -2.04. The molecule has 1 rings (SSSR count). The molecule has 0 aliphatic carbocycles. The van der Waals surface area contributed by atoms with Crippen LogP contribution in [0, 0.1) is 5.41 Å². The number of hydrogen-bond donors (Lipinski definition) is 0. The van der Waals surface area contributed by atoms with Gasteiger partial charge in [0.2, 0.25) is 0 Å². The second-order valence-electron chi connectivity index (χ2n) is 16.7. The molecule has 0 heterocycles. The lowest BCUT2D eigenvalue weighted by Crippen LogP contribution is -2.45. The molecule has 45 heavy (non-hydrogen) atoms. The van der Waals surface area contributed by atoms with Crippen molar-refractivity contribution in [3.8, 4) is 0 Å². The van der Waals surface area contributed by atoms with Crippen molar-refractivity contribution in [2.45, 2.75) is 130 Å². The van der Waals surface area contributed by atoms with E-state index in [1.54, 1.807) is 12.2 Å². The smallest absolute Gasteiger partial charge is 0.192 e. The van der Waals surface area contributed by atoms with Gasteiger partial charge in [-0.3, -0.25) is 4.79 Å². The number of allylic oxidation sites excluding steroid dienone is 2. The van der Waals surface area contributed by atoms with Crippen LogP contribution in [0.25, 0.3) is 0 Å². The Morgan fingerprint density at radius 2 is 1.56 bits per heavy atom. The number of hydrogen-bond acceptors (Lipinski definition) is 5. The highest BCUT2D eigenvalue weighted by Gasteiger charge is 2.39. The molecule has 0 fully saturated rings. The number of carbonyl (C=O) groups excluding carboxylic acids is 1. The largest absolute Gasteiger partial charge is 0.411 e. The first-order valence-corrected chi connectivity index (χ1v) is 26.8. The van der Waals surface area contributed by atoms with E-state index in [2.05, 4.69) is 85.4 Å². The van der Waals surface area contributed by atoms with E-state index in [-0.39, 0.29) is 23.7 Å². The normalized spacial score (nSPS) is 15.4. The maximum atomic E-state index is 13.5. The molecular formula is C37H66O5Si3. The average molecular weight is 675 g/mol. The lowest BCUT2D eigenvalue weighted by Gasteiger charge is -2.39. The van der Waals surface area contributed by atoms with Gasteiger partial charge in [0, 0.05) is 14.7 Å². The number of carbonyl (C=O) groups is 1. The second-order valence-corrected chi connectivity index (χ2v) is 32.1. The summed E-state index contributed by atoms with van der Waals surface area (Å²) in [5.74, 6) is 0.0284. The topological polar surface area (TPSA) is 54.0 Å². The van der Waals surface area contributed by atoms with Crippen LogP contribution in [0.15, 0.2) is 66.4 Å². The molecule has 0 saturated heterocycles. The van der Waals surface area contributed by atoms with E-state index in [0.29, 0.717) is 19.6 Å². The lowest BCUT2D eigenvalue weighted by molar-refractivity contribution is -0.129. The van der Waals surface area contributed by atoms with Crippen molar-refractivity contribution in [2.75, 3.05) is 20.0 Å². The fraction of sp³-hybridized carbons (Fsp3) is 0.649. The first-order chi connectivity index (χ1) is 20.6. The van der Waals surface area contributed by atoms with Gasteiger partial charge in [0.25, 0.3) is 0 Å². The van der Waals surface area contributed by atoms with Gasteiger partial charge in [0.05, 0.1) is 38.9 Å². The molecule has 256 valence electrons. The van der Waals surface area contributed by atoms with E-state index in [1.807, 2.05) is 50.3 Å². The Morgan fingerprint density at radius 1 is 0.933 bits per heavy atom. The first kappa shape index (κ1) is 41.6. The zero-order valence-electron chi connectivity index (χ0n) is 31.0. The summed E-state index contributed by atoms with van der Waals surface area (Å²) in [5.41, 5.74) is 4.08. The van der Waals surface area contributed by atoms with Crippen LogP contribution in [0.2, 0.25) is 63.5 Å². The Hall–Kier alpha value is -1.40. The van der Waals surface area contributed by atoms with Gasteiger partial charge in [0.15, 0.2) is 14.1 Å². The van der Waals surface area contributed by atoms with Crippen molar-refractivity contribution >= 4 is 30.2 Å². The summed E-state index contributed by atoms with van der Waals surface area (Å²) < 4.78 is 25.0. The third-order valence-electron chi connectivity index (χ3n) is 8.34. The van der Waals surface area contributed by atoms with Crippen LogP contribution >= 0.6 is 0 Å². The molecule has 0 aliphatic heterocycles. The Morgan fingerprint density at radius 3 is 2.09 bits per heavy atom. The maximum Gasteiger partial charge on any atom is 0.192 e. The van der Waals surface area contributed by atoms with Crippen molar-refractivity contribution in [1.29, 1.82) is 0 Å². The fourth-order valence-corrected chi connectivity index (χ4v) is 8.07. The highest BCUT2D eigenvalue weighted by molar-refractivity contribution is 6.81. The van der Waals surface area contributed by atoms with Gasteiger partial charge in [0.1, 0.15) is 6.79 Å². The van der Waals surface area contributed by atoms with Crippen molar-refractivity contribution in [3.63, 3.8) is 0 Å². The standard InChI is InChI=1S/C37H66O5Si3/c1-15-35(41-27-31-20-17-16-18-21-31)37(5,6)34(38)23-19-22-32(29-44(10,11)12)26-33(42-45(13,14)36(2,3)4)28-40-30-39-24-25-43(7,8)9/h15-21,23,29,33,35H,1,22,24-28,30H2,2-14H3/b23-19+,32-29+/t33-,35+/m1/s1. The number of ether oxygens (including phenoxy) is 3. The van der Waals surface area contributed by atoms with E-state index < -0.39 is 36.0 Å². The maximum absolute atomic E-state index is 13.5. The van der Waals surface area contributed by atoms with Crippen LogP contribution < -0.4 is 0 Å². The third kappa shape index (κ3) is 16.8. The van der Waals surface area contributed by atoms with Crippen LogP contribution in [0.4, 0.5) is 0 Å². The highest BCUT2D eigenvalue weighted by Crippen LogP contribution is 2.38. The molecular weight excluding hydrogens is 609 g/mol. The molecule has 5 nitrogen and oxygen atoms in total. The van der Waals surface area contributed by atoms with Gasteiger partial charge in [-0.25, -0.2) is 0 Å². The predicted octanol–water partition coefficient (Wildman–Crippen LogP) is 10.2. The van der Waals surface area contributed by atoms with Crippen LogP contribution in [-0.4, -0.2) is 62.5 Å². The van der Waals surface area contributed by atoms with Gasteiger partial charge in [-0.05, 0) is 62.5 Å².